The summed E-state index contributed by atoms with van der Waals surface area (Å²) in [4.78, 5) is 4.41. The molecule has 2 aromatic rings. The van der Waals surface area contributed by atoms with E-state index in [-0.39, 0.29) is 6.04 Å². The Morgan fingerprint density at radius 2 is 2.19 bits per heavy atom. The fourth-order valence-corrected chi connectivity index (χ4v) is 2.22. The third-order valence-corrected chi connectivity index (χ3v) is 3.38. The van der Waals surface area contributed by atoms with Crippen molar-refractivity contribution in [3.63, 3.8) is 0 Å². The molecule has 84 valence electrons. The number of aromatic nitrogens is 3. The van der Waals surface area contributed by atoms with Gasteiger partial charge in [0.15, 0.2) is 5.01 Å². The molecule has 0 amide bonds. The monoisotopic (exact) mass is 234 g/mol. The van der Waals surface area contributed by atoms with E-state index in [1.807, 2.05) is 32.0 Å². The predicted molar refractivity (Wildman–Crippen MR) is 65.1 cm³/mol. The normalized spacial score (nSPS) is 12.7. The Morgan fingerprint density at radius 3 is 2.88 bits per heavy atom. The molecule has 0 aliphatic carbocycles. The highest BCUT2D eigenvalue weighted by Crippen LogP contribution is 2.25. The SMILES string of the molecule is CCC(N)c1nnc(-c2cccc(C)n2)s1. The van der Waals surface area contributed by atoms with Gasteiger partial charge >= 0.3 is 0 Å². The first-order valence-corrected chi connectivity index (χ1v) is 6.05. The van der Waals surface area contributed by atoms with E-state index in [2.05, 4.69) is 15.2 Å². The molecular weight excluding hydrogens is 220 g/mol. The van der Waals surface area contributed by atoms with Gasteiger partial charge in [0, 0.05) is 5.69 Å². The number of nitrogens with two attached hydrogens (primary N) is 1. The molecule has 2 aromatic heterocycles. The Labute approximate surface area is 98.6 Å². The highest BCUT2D eigenvalue weighted by Gasteiger charge is 2.12. The zero-order valence-electron chi connectivity index (χ0n) is 9.34. The number of hydrogen-bond acceptors (Lipinski definition) is 5. The van der Waals surface area contributed by atoms with Crippen LogP contribution in [0.3, 0.4) is 0 Å². The van der Waals surface area contributed by atoms with Crippen molar-refractivity contribution in [2.24, 2.45) is 5.73 Å². The molecule has 0 saturated heterocycles. The van der Waals surface area contributed by atoms with Gasteiger partial charge in [0.05, 0.1) is 6.04 Å². The van der Waals surface area contributed by atoms with Gasteiger partial charge in [-0.25, -0.2) is 0 Å². The molecule has 2 heterocycles. The van der Waals surface area contributed by atoms with Crippen LogP contribution in [0.4, 0.5) is 0 Å². The summed E-state index contributed by atoms with van der Waals surface area (Å²) in [5.41, 5.74) is 7.75. The van der Waals surface area contributed by atoms with Crippen LogP contribution in [0.15, 0.2) is 18.2 Å². The molecule has 0 radical (unpaired) electrons. The number of rotatable bonds is 3. The maximum absolute atomic E-state index is 5.90. The number of aryl methyl sites for hydroxylation is 1. The van der Waals surface area contributed by atoms with Crippen molar-refractivity contribution < 1.29 is 0 Å². The average molecular weight is 234 g/mol. The molecule has 2 rings (SSSR count). The van der Waals surface area contributed by atoms with Crippen molar-refractivity contribution in [3.8, 4) is 10.7 Å². The summed E-state index contributed by atoms with van der Waals surface area (Å²) in [5.74, 6) is 0. The minimum Gasteiger partial charge on any atom is -0.322 e. The largest absolute Gasteiger partial charge is 0.322 e. The Kier molecular flexibility index (Phi) is 3.26. The molecule has 4 nitrogen and oxygen atoms in total. The van der Waals surface area contributed by atoms with Crippen LogP contribution < -0.4 is 5.73 Å². The van der Waals surface area contributed by atoms with E-state index < -0.39 is 0 Å². The van der Waals surface area contributed by atoms with Crippen LogP contribution in [-0.2, 0) is 0 Å². The predicted octanol–water partition coefficient (Wildman–Crippen LogP) is 2.32. The Hall–Kier alpha value is -1.33. The summed E-state index contributed by atoms with van der Waals surface area (Å²) >= 11 is 1.52. The van der Waals surface area contributed by atoms with Crippen LogP contribution in [0, 0.1) is 6.92 Å². The van der Waals surface area contributed by atoms with Gasteiger partial charge in [0.2, 0.25) is 0 Å². The van der Waals surface area contributed by atoms with Crippen molar-refractivity contribution in [2.45, 2.75) is 26.3 Å². The lowest BCUT2D eigenvalue weighted by Gasteiger charge is -2.00. The smallest absolute Gasteiger partial charge is 0.166 e. The molecule has 0 aliphatic heterocycles. The van der Waals surface area contributed by atoms with Gasteiger partial charge < -0.3 is 5.73 Å². The number of hydrogen-bond donors (Lipinski definition) is 1. The number of pyridine rings is 1. The molecule has 0 bridgehead atoms. The first kappa shape index (κ1) is 11.2. The van der Waals surface area contributed by atoms with E-state index in [0.717, 1.165) is 27.8 Å². The lowest BCUT2D eigenvalue weighted by Crippen LogP contribution is -2.07. The Bertz CT molecular complexity index is 480. The van der Waals surface area contributed by atoms with Gasteiger partial charge in [0.25, 0.3) is 0 Å². The fourth-order valence-electron chi connectivity index (χ4n) is 1.32. The van der Waals surface area contributed by atoms with Crippen molar-refractivity contribution in [1.29, 1.82) is 0 Å². The third-order valence-electron chi connectivity index (χ3n) is 2.31. The van der Waals surface area contributed by atoms with Crippen LogP contribution in [0.2, 0.25) is 0 Å². The quantitative estimate of drug-likeness (QED) is 0.885. The van der Waals surface area contributed by atoms with E-state index in [9.17, 15) is 0 Å². The van der Waals surface area contributed by atoms with Gasteiger partial charge in [0.1, 0.15) is 10.7 Å². The van der Waals surface area contributed by atoms with Crippen LogP contribution in [0.25, 0.3) is 10.7 Å². The number of nitrogens with zero attached hydrogens (tertiary/aromatic N) is 3. The summed E-state index contributed by atoms with van der Waals surface area (Å²) in [6, 6.07) is 5.85. The molecule has 0 saturated carbocycles. The van der Waals surface area contributed by atoms with Crippen molar-refractivity contribution in [2.75, 3.05) is 0 Å². The molecule has 5 heteroatoms. The Morgan fingerprint density at radius 1 is 1.38 bits per heavy atom. The molecule has 0 fully saturated rings. The topological polar surface area (TPSA) is 64.7 Å². The maximum Gasteiger partial charge on any atom is 0.166 e. The van der Waals surface area contributed by atoms with Crippen molar-refractivity contribution in [3.05, 3.63) is 28.9 Å². The van der Waals surface area contributed by atoms with E-state index >= 15 is 0 Å². The second kappa shape index (κ2) is 4.67. The van der Waals surface area contributed by atoms with E-state index in [4.69, 9.17) is 5.73 Å². The lowest BCUT2D eigenvalue weighted by atomic mass is 10.3. The maximum atomic E-state index is 5.90. The first-order chi connectivity index (χ1) is 7.70. The second-order valence-corrected chi connectivity index (χ2v) is 4.63. The summed E-state index contributed by atoms with van der Waals surface area (Å²) in [5, 5.41) is 9.93. The zero-order chi connectivity index (χ0) is 11.5. The van der Waals surface area contributed by atoms with Crippen LogP contribution in [0.5, 0.6) is 0 Å². The molecule has 0 aromatic carbocycles. The summed E-state index contributed by atoms with van der Waals surface area (Å²) in [7, 11) is 0. The third kappa shape index (κ3) is 2.25. The lowest BCUT2D eigenvalue weighted by molar-refractivity contribution is 0.683. The van der Waals surface area contributed by atoms with Gasteiger partial charge in [-0.3, -0.25) is 4.98 Å². The fraction of sp³-hybridized carbons (Fsp3) is 0.364. The zero-order valence-corrected chi connectivity index (χ0v) is 10.2. The minimum absolute atomic E-state index is 0.0175. The van der Waals surface area contributed by atoms with Crippen LogP contribution in [-0.4, -0.2) is 15.2 Å². The summed E-state index contributed by atoms with van der Waals surface area (Å²) in [6.07, 6.45) is 0.871. The molecule has 1 unspecified atom stereocenters. The minimum atomic E-state index is -0.0175. The van der Waals surface area contributed by atoms with Crippen LogP contribution in [0.1, 0.15) is 30.1 Å². The first-order valence-electron chi connectivity index (χ1n) is 5.23. The summed E-state index contributed by atoms with van der Waals surface area (Å²) < 4.78 is 0. The molecule has 1 atom stereocenters. The molecule has 0 spiro atoms. The van der Waals surface area contributed by atoms with E-state index in [1.165, 1.54) is 11.3 Å². The van der Waals surface area contributed by atoms with Gasteiger partial charge in [-0.05, 0) is 25.5 Å². The van der Waals surface area contributed by atoms with Gasteiger partial charge in [-0.15, -0.1) is 10.2 Å². The second-order valence-electron chi connectivity index (χ2n) is 3.62. The molecular formula is C11H14N4S. The highest BCUT2D eigenvalue weighted by molar-refractivity contribution is 7.14. The Balaban J connectivity index is 2.31. The highest BCUT2D eigenvalue weighted by atomic mass is 32.1. The average Bonchev–Trinajstić information content (AvgIpc) is 2.77. The van der Waals surface area contributed by atoms with Crippen molar-refractivity contribution in [1.82, 2.24) is 15.2 Å². The van der Waals surface area contributed by atoms with Crippen LogP contribution >= 0.6 is 11.3 Å². The molecule has 0 aliphatic rings. The molecule has 16 heavy (non-hydrogen) atoms. The summed E-state index contributed by atoms with van der Waals surface area (Å²) in [6.45, 7) is 4.00. The van der Waals surface area contributed by atoms with Gasteiger partial charge in [-0.1, -0.05) is 24.3 Å². The van der Waals surface area contributed by atoms with Gasteiger partial charge in [-0.2, -0.15) is 0 Å². The van der Waals surface area contributed by atoms with Crippen molar-refractivity contribution >= 4 is 11.3 Å². The van der Waals surface area contributed by atoms with E-state index in [0.29, 0.717) is 0 Å². The van der Waals surface area contributed by atoms with E-state index in [1.54, 1.807) is 0 Å². The molecule has 2 N–H and O–H groups in total. The standard InChI is InChI=1S/C11H14N4S/c1-3-8(12)10-14-15-11(16-10)9-6-4-5-7(2)13-9/h4-6,8H,3,12H2,1-2H3.